The molecule has 88 valence electrons. The summed E-state index contributed by atoms with van der Waals surface area (Å²) in [6.07, 6.45) is 0.836. The van der Waals surface area contributed by atoms with Crippen LogP contribution in [-0.2, 0) is 14.6 Å². The summed E-state index contributed by atoms with van der Waals surface area (Å²) >= 11 is 0. The van der Waals surface area contributed by atoms with Gasteiger partial charge in [0.25, 0.3) is 0 Å². The van der Waals surface area contributed by atoms with Crippen LogP contribution in [0.1, 0.15) is 10.4 Å². The van der Waals surface area contributed by atoms with E-state index in [2.05, 4.69) is 4.74 Å². The van der Waals surface area contributed by atoms with E-state index >= 15 is 0 Å². The zero-order chi connectivity index (χ0) is 12.5. The molecule has 1 aromatic carbocycles. The number of rotatable bonds is 2. The Hall–Kier alpha value is -1.63. The summed E-state index contributed by atoms with van der Waals surface area (Å²) in [6, 6.07) is 2.15. The average molecular weight is 247 g/mol. The number of halogens is 1. The van der Waals surface area contributed by atoms with Crippen LogP contribution < -0.4 is 5.73 Å². The Morgan fingerprint density at radius 3 is 2.44 bits per heavy atom. The standard InChI is InChI=1S/C9H10FNO4S/c1-15-9(12)7-5(11)3-4-6(8(7)10)16(2,13)14/h3-4H,11H2,1-2H3. The van der Waals surface area contributed by atoms with Gasteiger partial charge in [-0.25, -0.2) is 17.6 Å². The molecule has 0 aliphatic rings. The van der Waals surface area contributed by atoms with Crippen molar-refractivity contribution in [2.45, 2.75) is 4.90 Å². The van der Waals surface area contributed by atoms with E-state index in [1.54, 1.807) is 0 Å². The van der Waals surface area contributed by atoms with Crippen LogP contribution in [0.3, 0.4) is 0 Å². The lowest BCUT2D eigenvalue weighted by Gasteiger charge is -2.08. The normalized spacial score (nSPS) is 11.2. The first-order valence-electron chi connectivity index (χ1n) is 4.15. The molecule has 0 unspecified atom stereocenters. The highest BCUT2D eigenvalue weighted by Crippen LogP contribution is 2.23. The maximum absolute atomic E-state index is 13.7. The molecule has 2 N–H and O–H groups in total. The van der Waals surface area contributed by atoms with E-state index in [9.17, 15) is 17.6 Å². The lowest BCUT2D eigenvalue weighted by atomic mass is 10.1. The predicted molar refractivity (Wildman–Crippen MR) is 55.3 cm³/mol. The molecule has 0 radical (unpaired) electrons. The van der Waals surface area contributed by atoms with Gasteiger partial charge >= 0.3 is 5.97 Å². The number of hydrogen-bond donors (Lipinski definition) is 1. The van der Waals surface area contributed by atoms with Crippen LogP contribution in [0.5, 0.6) is 0 Å². The largest absolute Gasteiger partial charge is 0.465 e. The molecule has 5 nitrogen and oxygen atoms in total. The summed E-state index contributed by atoms with van der Waals surface area (Å²) in [5.74, 6) is -2.20. The van der Waals surface area contributed by atoms with Crippen molar-refractivity contribution in [2.24, 2.45) is 0 Å². The SMILES string of the molecule is COC(=O)c1c(N)ccc(S(C)(=O)=O)c1F. The predicted octanol–water partition coefficient (Wildman–Crippen LogP) is 0.598. The first-order valence-corrected chi connectivity index (χ1v) is 6.04. The average Bonchev–Trinajstić information content (AvgIpc) is 2.15. The van der Waals surface area contributed by atoms with Crippen molar-refractivity contribution in [2.75, 3.05) is 19.1 Å². The van der Waals surface area contributed by atoms with E-state index in [0.29, 0.717) is 0 Å². The fourth-order valence-electron chi connectivity index (χ4n) is 1.17. The zero-order valence-corrected chi connectivity index (χ0v) is 9.47. The molecule has 0 amide bonds. The Kier molecular flexibility index (Phi) is 3.18. The number of nitrogens with two attached hydrogens (primary N) is 1. The highest BCUT2D eigenvalue weighted by atomic mass is 32.2. The highest BCUT2D eigenvalue weighted by molar-refractivity contribution is 7.90. The molecule has 0 spiro atoms. The van der Waals surface area contributed by atoms with Crippen molar-refractivity contribution in [1.82, 2.24) is 0 Å². The third-order valence-electron chi connectivity index (χ3n) is 1.93. The number of ether oxygens (including phenoxy) is 1. The van der Waals surface area contributed by atoms with E-state index in [1.165, 1.54) is 0 Å². The molecule has 0 aliphatic heterocycles. The van der Waals surface area contributed by atoms with Gasteiger partial charge in [-0.15, -0.1) is 0 Å². The van der Waals surface area contributed by atoms with Crippen LogP contribution in [0.2, 0.25) is 0 Å². The van der Waals surface area contributed by atoms with Crippen LogP contribution in [-0.4, -0.2) is 27.8 Å². The molecule has 0 aromatic heterocycles. The van der Waals surface area contributed by atoms with Gasteiger partial charge in [0.05, 0.1) is 7.11 Å². The maximum atomic E-state index is 13.7. The molecule has 1 aromatic rings. The van der Waals surface area contributed by atoms with Crippen LogP contribution in [0.4, 0.5) is 10.1 Å². The lowest BCUT2D eigenvalue weighted by Crippen LogP contribution is -2.12. The molecule has 1 rings (SSSR count). The third-order valence-corrected chi connectivity index (χ3v) is 3.04. The summed E-state index contributed by atoms with van der Waals surface area (Å²) < 4.78 is 40.4. The molecular formula is C9H10FNO4S. The van der Waals surface area contributed by atoms with E-state index in [-0.39, 0.29) is 5.69 Å². The van der Waals surface area contributed by atoms with Crippen LogP contribution in [0.25, 0.3) is 0 Å². The highest BCUT2D eigenvalue weighted by Gasteiger charge is 2.23. The first kappa shape index (κ1) is 12.4. The second-order valence-electron chi connectivity index (χ2n) is 3.11. The molecule has 0 fully saturated rings. The number of methoxy groups -OCH3 is 1. The van der Waals surface area contributed by atoms with Crippen LogP contribution >= 0.6 is 0 Å². The van der Waals surface area contributed by atoms with Gasteiger partial charge < -0.3 is 10.5 Å². The molecule has 7 heteroatoms. The fraction of sp³-hybridized carbons (Fsp3) is 0.222. The minimum absolute atomic E-state index is 0.170. The maximum Gasteiger partial charge on any atom is 0.343 e. The monoisotopic (exact) mass is 247 g/mol. The number of anilines is 1. The molecular weight excluding hydrogens is 237 g/mol. The van der Waals surface area contributed by atoms with Gasteiger partial charge in [-0.3, -0.25) is 0 Å². The smallest absolute Gasteiger partial charge is 0.343 e. The molecule has 0 saturated carbocycles. The number of nitrogen functional groups attached to an aromatic ring is 1. The summed E-state index contributed by atoms with van der Waals surface area (Å²) in [6.45, 7) is 0. The molecule has 0 aliphatic carbocycles. The van der Waals surface area contributed by atoms with Gasteiger partial charge in [0.1, 0.15) is 10.5 Å². The minimum Gasteiger partial charge on any atom is -0.465 e. The molecule has 16 heavy (non-hydrogen) atoms. The first-order chi connectivity index (χ1) is 7.29. The number of carbonyl (C=O) groups excluding carboxylic acids is 1. The Balaban J connectivity index is 3.57. The number of benzene rings is 1. The molecule has 0 heterocycles. The van der Waals surface area contributed by atoms with Gasteiger partial charge in [-0.05, 0) is 12.1 Å². The minimum atomic E-state index is -3.75. The summed E-state index contributed by atoms with van der Waals surface area (Å²) in [4.78, 5) is 10.6. The van der Waals surface area contributed by atoms with Gasteiger partial charge in [0.15, 0.2) is 15.7 Å². The van der Waals surface area contributed by atoms with Gasteiger partial charge in [-0.2, -0.15) is 0 Å². The van der Waals surface area contributed by atoms with E-state index < -0.39 is 32.1 Å². The van der Waals surface area contributed by atoms with E-state index in [0.717, 1.165) is 25.5 Å². The van der Waals surface area contributed by atoms with Crippen molar-refractivity contribution in [3.8, 4) is 0 Å². The van der Waals surface area contributed by atoms with Crippen molar-refractivity contribution < 1.29 is 22.3 Å². The van der Waals surface area contributed by atoms with Gasteiger partial charge in [-0.1, -0.05) is 0 Å². The molecule has 0 saturated heterocycles. The summed E-state index contributed by atoms with van der Waals surface area (Å²) in [5, 5.41) is 0. The lowest BCUT2D eigenvalue weighted by molar-refractivity contribution is 0.0596. The van der Waals surface area contributed by atoms with E-state index in [1.807, 2.05) is 0 Å². The second-order valence-corrected chi connectivity index (χ2v) is 5.09. The number of carbonyl (C=O) groups is 1. The summed E-state index contributed by atoms with van der Waals surface area (Å²) in [5.41, 5.74) is 4.64. The van der Waals surface area contributed by atoms with Crippen molar-refractivity contribution in [3.63, 3.8) is 0 Å². The second kappa shape index (κ2) is 4.09. The Bertz CT molecular complexity index is 539. The summed E-state index contributed by atoms with van der Waals surface area (Å²) in [7, 11) is -2.70. The number of esters is 1. The van der Waals surface area contributed by atoms with Crippen molar-refractivity contribution in [3.05, 3.63) is 23.5 Å². The topological polar surface area (TPSA) is 86.5 Å². The van der Waals surface area contributed by atoms with Gasteiger partial charge in [0.2, 0.25) is 0 Å². The quantitative estimate of drug-likeness (QED) is 0.610. The molecule has 0 atom stereocenters. The van der Waals surface area contributed by atoms with Crippen molar-refractivity contribution in [1.29, 1.82) is 0 Å². The van der Waals surface area contributed by atoms with Crippen molar-refractivity contribution >= 4 is 21.5 Å². The van der Waals surface area contributed by atoms with Crippen LogP contribution in [0.15, 0.2) is 17.0 Å². The zero-order valence-electron chi connectivity index (χ0n) is 8.65. The Morgan fingerprint density at radius 1 is 1.44 bits per heavy atom. The Morgan fingerprint density at radius 2 is 2.00 bits per heavy atom. The van der Waals surface area contributed by atoms with Crippen LogP contribution in [0, 0.1) is 5.82 Å². The number of hydrogen-bond acceptors (Lipinski definition) is 5. The van der Waals surface area contributed by atoms with Gasteiger partial charge in [0, 0.05) is 11.9 Å². The van der Waals surface area contributed by atoms with E-state index in [4.69, 9.17) is 5.73 Å². The molecule has 0 bridgehead atoms. The number of sulfone groups is 1. The third kappa shape index (κ3) is 2.13. The Labute approximate surface area is 91.9 Å². The fourth-order valence-corrected chi connectivity index (χ4v) is 1.91.